The van der Waals surface area contributed by atoms with Crippen LogP contribution in [0.4, 0.5) is 0 Å². The summed E-state index contributed by atoms with van der Waals surface area (Å²) < 4.78 is 5.64. The Bertz CT molecular complexity index is 100. The fourth-order valence-corrected chi connectivity index (χ4v) is 1.56. The van der Waals surface area contributed by atoms with Gasteiger partial charge in [0.15, 0.2) is 0 Å². The Morgan fingerprint density at radius 2 is 1.86 bits per heavy atom. The van der Waals surface area contributed by atoms with E-state index in [0.717, 1.165) is 19.8 Å². The molecule has 0 amide bonds. The van der Waals surface area contributed by atoms with Gasteiger partial charge in [0.25, 0.3) is 0 Å². The topological polar surface area (TPSA) is 21.3 Å². The summed E-state index contributed by atoms with van der Waals surface area (Å²) in [6, 6.07) is 0.562. The lowest BCUT2D eigenvalue weighted by molar-refractivity contribution is 0.106. The van der Waals surface area contributed by atoms with E-state index in [9.17, 15) is 0 Å². The van der Waals surface area contributed by atoms with Crippen molar-refractivity contribution in [1.29, 1.82) is 0 Å². The van der Waals surface area contributed by atoms with Crippen LogP contribution in [0, 0.1) is 0 Å². The van der Waals surface area contributed by atoms with E-state index in [0.29, 0.717) is 6.04 Å². The molecule has 0 rings (SSSR count). The molecule has 0 saturated carbocycles. The Morgan fingerprint density at radius 3 is 2.43 bits per heavy atom. The molecule has 0 spiro atoms. The highest BCUT2D eigenvalue weighted by Gasteiger charge is 2.04. The van der Waals surface area contributed by atoms with Crippen molar-refractivity contribution in [3.8, 4) is 0 Å². The predicted octanol–water partition coefficient (Wildman–Crippen LogP) is 2.97. The molecule has 0 aliphatic rings. The van der Waals surface area contributed by atoms with Gasteiger partial charge in [-0.15, -0.1) is 0 Å². The number of ether oxygens (including phenoxy) is 1. The fraction of sp³-hybridized carbons (Fsp3) is 1.00. The molecule has 1 N–H and O–H groups in total. The van der Waals surface area contributed by atoms with E-state index in [1.165, 1.54) is 32.1 Å². The number of rotatable bonds is 10. The van der Waals surface area contributed by atoms with Crippen LogP contribution in [-0.4, -0.2) is 25.8 Å². The third kappa shape index (κ3) is 8.52. The van der Waals surface area contributed by atoms with Gasteiger partial charge in [0.2, 0.25) is 0 Å². The minimum atomic E-state index is 0.562. The standard InChI is InChI=1S/C12H27NO/c1-4-7-8-10-14-11-12(9-5-2)13-6-3/h12-13H,4-11H2,1-3H3. The van der Waals surface area contributed by atoms with Crippen LogP contribution in [-0.2, 0) is 4.74 Å². The molecular weight excluding hydrogens is 174 g/mol. The lowest BCUT2D eigenvalue weighted by Gasteiger charge is -2.16. The number of nitrogens with one attached hydrogen (secondary N) is 1. The van der Waals surface area contributed by atoms with E-state index in [2.05, 4.69) is 26.1 Å². The highest BCUT2D eigenvalue weighted by Crippen LogP contribution is 1.99. The van der Waals surface area contributed by atoms with Crippen molar-refractivity contribution in [2.24, 2.45) is 0 Å². The van der Waals surface area contributed by atoms with Gasteiger partial charge in [-0.1, -0.05) is 40.0 Å². The molecular formula is C12H27NO. The zero-order valence-electron chi connectivity index (χ0n) is 10.1. The molecule has 86 valence electrons. The lowest BCUT2D eigenvalue weighted by Crippen LogP contribution is -2.33. The van der Waals surface area contributed by atoms with Crippen LogP contribution in [0.3, 0.4) is 0 Å². The van der Waals surface area contributed by atoms with Crippen LogP contribution in [0.15, 0.2) is 0 Å². The summed E-state index contributed by atoms with van der Waals surface area (Å²) in [5, 5.41) is 3.45. The monoisotopic (exact) mass is 201 g/mol. The maximum Gasteiger partial charge on any atom is 0.0619 e. The third-order valence-electron chi connectivity index (χ3n) is 2.34. The molecule has 0 saturated heterocycles. The van der Waals surface area contributed by atoms with Crippen LogP contribution in [0.2, 0.25) is 0 Å². The van der Waals surface area contributed by atoms with Crippen molar-refractivity contribution in [3.05, 3.63) is 0 Å². The number of unbranched alkanes of at least 4 members (excludes halogenated alkanes) is 2. The maximum atomic E-state index is 5.64. The molecule has 14 heavy (non-hydrogen) atoms. The molecule has 0 heterocycles. The van der Waals surface area contributed by atoms with Crippen molar-refractivity contribution >= 4 is 0 Å². The number of likely N-dealkylation sites (N-methyl/N-ethyl adjacent to an activating group) is 1. The minimum Gasteiger partial charge on any atom is -0.380 e. The van der Waals surface area contributed by atoms with E-state index < -0.39 is 0 Å². The molecule has 0 aliphatic heterocycles. The quantitative estimate of drug-likeness (QED) is 0.549. The Hall–Kier alpha value is -0.0800. The van der Waals surface area contributed by atoms with E-state index >= 15 is 0 Å². The fourth-order valence-electron chi connectivity index (χ4n) is 1.56. The van der Waals surface area contributed by atoms with E-state index in [1.54, 1.807) is 0 Å². The Labute approximate surface area is 89.4 Å². The number of hydrogen-bond acceptors (Lipinski definition) is 2. The average Bonchev–Trinajstić information content (AvgIpc) is 2.18. The summed E-state index contributed by atoms with van der Waals surface area (Å²) in [4.78, 5) is 0. The average molecular weight is 201 g/mol. The first kappa shape index (κ1) is 13.9. The summed E-state index contributed by atoms with van der Waals surface area (Å²) in [6.07, 6.45) is 6.23. The van der Waals surface area contributed by atoms with Crippen molar-refractivity contribution in [3.63, 3.8) is 0 Å². The second-order valence-corrected chi connectivity index (χ2v) is 3.83. The van der Waals surface area contributed by atoms with Gasteiger partial charge in [-0.3, -0.25) is 0 Å². The summed E-state index contributed by atoms with van der Waals surface area (Å²) in [5.74, 6) is 0. The zero-order chi connectivity index (χ0) is 10.6. The first-order valence-corrected chi connectivity index (χ1v) is 6.16. The number of hydrogen-bond donors (Lipinski definition) is 1. The van der Waals surface area contributed by atoms with Crippen LogP contribution in [0.5, 0.6) is 0 Å². The summed E-state index contributed by atoms with van der Waals surface area (Å²) >= 11 is 0. The molecule has 0 aromatic carbocycles. The van der Waals surface area contributed by atoms with Gasteiger partial charge in [-0.25, -0.2) is 0 Å². The van der Waals surface area contributed by atoms with Gasteiger partial charge in [0, 0.05) is 12.6 Å². The SMILES string of the molecule is CCCCCOCC(CCC)NCC. The summed E-state index contributed by atoms with van der Waals surface area (Å²) in [7, 11) is 0. The van der Waals surface area contributed by atoms with E-state index in [4.69, 9.17) is 4.74 Å². The third-order valence-corrected chi connectivity index (χ3v) is 2.34. The summed E-state index contributed by atoms with van der Waals surface area (Å²) in [6.45, 7) is 9.45. The first-order valence-electron chi connectivity index (χ1n) is 6.16. The minimum absolute atomic E-state index is 0.562. The predicted molar refractivity (Wildman–Crippen MR) is 62.7 cm³/mol. The molecule has 0 radical (unpaired) electrons. The van der Waals surface area contributed by atoms with Gasteiger partial charge >= 0.3 is 0 Å². The molecule has 0 aliphatic carbocycles. The maximum absolute atomic E-state index is 5.64. The normalized spacial score (nSPS) is 13.1. The Morgan fingerprint density at radius 1 is 1.07 bits per heavy atom. The molecule has 0 aromatic heterocycles. The van der Waals surface area contributed by atoms with Crippen LogP contribution in [0.25, 0.3) is 0 Å². The van der Waals surface area contributed by atoms with Gasteiger partial charge in [0.05, 0.1) is 6.61 Å². The smallest absolute Gasteiger partial charge is 0.0619 e. The molecule has 2 nitrogen and oxygen atoms in total. The van der Waals surface area contributed by atoms with E-state index in [-0.39, 0.29) is 0 Å². The van der Waals surface area contributed by atoms with Gasteiger partial charge in [-0.2, -0.15) is 0 Å². The highest BCUT2D eigenvalue weighted by atomic mass is 16.5. The molecule has 0 bridgehead atoms. The van der Waals surface area contributed by atoms with Crippen molar-refractivity contribution in [1.82, 2.24) is 5.32 Å². The molecule has 1 atom stereocenters. The van der Waals surface area contributed by atoms with Crippen LogP contribution >= 0.6 is 0 Å². The van der Waals surface area contributed by atoms with Crippen molar-refractivity contribution < 1.29 is 4.74 Å². The van der Waals surface area contributed by atoms with Gasteiger partial charge in [0.1, 0.15) is 0 Å². The van der Waals surface area contributed by atoms with E-state index in [1.807, 2.05) is 0 Å². The highest BCUT2D eigenvalue weighted by molar-refractivity contribution is 4.63. The van der Waals surface area contributed by atoms with Crippen LogP contribution in [0.1, 0.15) is 52.9 Å². The zero-order valence-corrected chi connectivity index (χ0v) is 10.1. The largest absolute Gasteiger partial charge is 0.380 e. The Kier molecular flexibility index (Phi) is 10.9. The Balaban J connectivity index is 3.30. The first-order chi connectivity index (χ1) is 6.85. The molecule has 0 fully saturated rings. The van der Waals surface area contributed by atoms with Crippen molar-refractivity contribution in [2.45, 2.75) is 58.9 Å². The van der Waals surface area contributed by atoms with Crippen molar-refractivity contribution in [2.75, 3.05) is 19.8 Å². The summed E-state index contributed by atoms with van der Waals surface area (Å²) in [5.41, 5.74) is 0. The van der Waals surface area contributed by atoms with Crippen LogP contribution < -0.4 is 5.32 Å². The molecule has 0 aromatic rings. The molecule has 1 unspecified atom stereocenters. The molecule has 2 heteroatoms. The second-order valence-electron chi connectivity index (χ2n) is 3.83. The second kappa shape index (κ2) is 11.0. The lowest BCUT2D eigenvalue weighted by atomic mass is 10.2. The van der Waals surface area contributed by atoms with Gasteiger partial charge in [-0.05, 0) is 19.4 Å². The van der Waals surface area contributed by atoms with Gasteiger partial charge < -0.3 is 10.1 Å².